The van der Waals surface area contributed by atoms with E-state index in [0.717, 1.165) is 4.57 Å². The number of nitrogens with one attached hydrogen (secondary N) is 1. The monoisotopic (exact) mass is 487 g/mol. The summed E-state index contributed by atoms with van der Waals surface area (Å²) in [5.74, 6) is -1.72. The molecule has 0 aliphatic heterocycles. The van der Waals surface area contributed by atoms with Crippen molar-refractivity contribution in [3.05, 3.63) is 106 Å². The van der Waals surface area contributed by atoms with Gasteiger partial charge in [-0.2, -0.15) is 5.10 Å². The molecule has 4 aromatic rings. The van der Waals surface area contributed by atoms with Gasteiger partial charge in [0.2, 0.25) is 11.8 Å². The molecule has 8 nitrogen and oxygen atoms in total. The highest BCUT2D eigenvalue weighted by atomic mass is 19.1. The first kappa shape index (κ1) is 24.3. The average Bonchev–Trinajstić information content (AvgIpc) is 2.88. The van der Waals surface area contributed by atoms with E-state index in [1.165, 1.54) is 54.7 Å². The Kier molecular flexibility index (Phi) is 7.20. The van der Waals surface area contributed by atoms with Crippen molar-refractivity contribution in [1.82, 2.24) is 9.99 Å². The number of rotatable bonds is 7. The molecule has 3 aromatic carbocycles. The SMILES string of the molecule is CCOC(=O)c1ccc(-n2c(O)c(C=NNC(=O)Cc3ccc(F)cc3)c3ccccc3c2=O)cc1. The van der Waals surface area contributed by atoms with Crippen molar-refractivity contribution in [2.45, 2.75) is 13.3 Å². The van der Waals surface area contributed by atoms with Gasteiger partial charge in [-0.15, -0.1) is 0 Å². The number of aromatic nitrogens is 1. The van der Waals surface area contributed by atoms with E-state index in [1.807, 2.05) is 0 Å². The van der Waals surface area contributed by atoms with Crippen LogP contribution in [0.3, 0.4) is 0 Å². The number of nitrogens with zero attached hydrogens (tertiary/aromatic N) is 2. The van der Waals surface area contributed by atoms with Gasteiger partial charge in [-0.25, -0.2) is 19.2 Å². The van der Waals surface area contributed by atoms with Crippen LogP contribution in [0.5, 0.6) is 5.88 Å². The average molecular weight is 487 g/mol. The summed E-state index contributed by atoms with van der Waals surface area (Å²) in [5.41, 5.74) is 3.36. The summed E-state index contributed by atoms with van der Waals surface area (Å²) in [4.78, 5) is 37.4. The lowest BCUT2D eigenvalue weighted by Gasteiger charge is -2.14. The lowest BCUT2D eigenvalue weighted by Crippen LogP contribution is -2.22. The molecule has 0 aliphatic carbocycles. The summed E-state index contributed by atoms with van der Waals surface area (Å²) >= 11 is 0. The molecule has 2 N–H and O–H groups in total. The number of amides is 1. The molecule has 0 atom stereocenters. The topological polar surface area (TPSA) is 110 Å². The lowest BCUT2D eigenvalue weighted by molar-refractivity contribution is -0.120. The highest BCUT2D eigenvalue weighted by Gasteiger charge is 2.17. The number of carbonyl (C=O) groups is 2. The van der Waals surface area contributed by atoms with E-state index in [2.05, 4.69) is 10.5 Å². The van der Waals surface area contributed by atoms with Gasteiger partial charge in [0, 0.05) is 10.8 Å². The molecule has 0 saturated carbocycles. The van der Waals surface area contributed by atoms with Gasteiger partial charge < -0.3 is 9.84 Å². The number of pyridine rings is 1. The van der Waals surface area contributed by atoms with Crippen LogP contribution in [-0.2, 0) is 16.0 Å². The molecule has 0 aliphatic rings. The van der Waals surface area contributed by atoms with Gasteiger partial charge in [-0.05, 0) is 55.0 Å². The third kappa shape index (κ3) is 5.15. The predicted molar refractivity (Wildman–Crippen MR) is 133 cm³/mol. The minimum Gasteiger partial charge on any atom is -0.494 e. The number of fused-ring (bicyclic) bond motifs is 1. The zero-order chi connectivity index (χ0) is 25.7. The predicted octanol–water partition coefficient (Wildman–Crippen LogP) is 3.70. The fourth-order valence-corrected chi connectivity index (χ4v) is 3.69. The molecule has 4 rings (SSSR count). The number of hydrazone groups is 1. The highest BCUT2D eigenvalue weighted by molar-refractivity contribution is 6.02. The number of halogens is 1. The largest absolute Gasteiger partial charge is 0.494 e. The number of hydrogen-bond acceptors (Lipinski definition) is 6. The van der Waals surface area contributed by atoms with Crippen LogP contribution in [0.4, 0.5) is 4.39 Å². The van der Waals surface area contributed by atoms with E-state index in [4.69, 9.17) is 4.74 Å². The molecule has 1 heterocycles. The van der Waals surface area contributed by atoms with Gasteiger partial charge in [0.1, 0.15) is 5.82 Å². The Balaban J connectivity index is 1.67. The molecule has 0 unspecified atom stereocenters. The molecule has 1 amide bonds. The summed E-state index contributed by atoms with van der Waals surface area (Å²) in [6, 6.07) is 18.2. The van der Waals surface area contributed by atoms with Gasteiger partial charge >= 0.3 is 5.97 Å². The number of benzene rings is 3. The van der Waals surface area contributed by atoms with Crippen LogP contribution >= 0.6 is 0 Å². The van der Waals surface area contributed by atoms with E-state index in [0.29, 0.717) is 27.6 Å². The Morgan fingerprint density at radius 3 is 2.36 bits per heavy atom. The van der Waals surface area contributed by atoms with Crippen molar-refractivity contribution >= 4 is 28.9 Å². The van der Waals surface area contributed by atoms with Gasteiger partial charge in [-0.3, -0.25) is 9.59 Å². The van der Waals surface area contributed by atoms with Crippen LogP contribution < -0.4 is 11.0 Å². The van der Waals surface area contributed by atoms with Crippen molar-refractivity contribution in [2.75, 3.05) is 6.61 Å². The molecule has 0 saturated heterocycles. The van der Waals surface area contributed by atoms with Crippen LogP contribution in [0, 0.1) is 5.82 Å². The lowest BCUT2D eigenvalue weighted by atomic mass is 10.1. The maximum atomic E-state index is 13.2. The third-order valence-electron chi connectivity index (χ3n) is 5.40. The second kappa shape index (κ2) is 10.6. The molecule has 9 heteroatoms. The first-order valence-electron chi connectivity index (χ1n) is 11.1. The number of ether oxygens (including phenoxy) is 1. The molecule has 0 spiro atoms. The maximum Gasteiger partial charge on any atom is 0.338 e. The van der Waals surface area contributed by atoms with Crippen molar-refractivity contribution in [1.29, 1.82) is 0 Å². The third-order valence-corrected chi connectivity index (χ3v) is 5.40. The van der Waals surface area contributed by atoms with Crippen molar-refractivity contribution in [3.63, 3.8) is 0 Å². The van der Waals surface area contributed by atoms with Crippen molar-refractivity contribution in [3.8, 4) is 11.6 Å². The van der Waals surface area contributed by atoms with E-state index in [1.54, 1.807) is 31.2 Å². The quantitative estimate of drug-likeness (QED) is 0.235. The number of carbonyl (C=O) groups excluding carboxylic acids is 2. The molecule has 1 aromatic heterocycles. The Bertz CT molecular complexity index is 1510. The van der Waals surface area contributed by atoms with E-state index in [-0.39, 0.29) is 24.5 Å². The molecule has 182 valence electrons. The van der Waals surface area contributed by atoms with Crippen LogP contribution in [0.1, 0.15) is 28.4 Å². The van der Waals surface area contributed by atoms with Gasteiger partial charge in [0.25, 0.3) is 5.56 Å². The standard InChI is InChI=1S/C27H22FN3O5/c1-2-36-27(35)18-9-13-20(14-10-18)31-25(33)22-6-4-3-5-21(22)23(26(31)34)16-29-30-24(32)15-17-7-11-19(28)12-8-17/h3-14,16,34H,2,15H2,1H3,(H,30,32). The number of aromatic hydroxyl groups is 1. The smallest absolute Gasteiger partial charge is 0.338 e. The summed E-state index contributed by atoms with van der Waals surface area (Å²) in [6.07, 6.45) is 1.24. The second-order valence-corrected chi connectivity index (χ2v) is 7.79. The minimum absolute atomic E-state index is 0.0172. The molecule has 0 bridgehead atoms. The Morgan fingerprint density at radius 1 is 1.03 bits per heavy atom. The van der Waals surface area contributed by atoms with Gasteiger partial charge in [0.05, 0.1) is 36.1 Å². The minimum atomic E-state index is -0.497. The Morgan fingerprint density at radius 2 is 1.69 bits per heavy atom. The van der Waals surface area contributed by atoms with E-state index < -0.39 is 23.3 Å². The molecular weight excluding hydrogens is 465 g/mol. The molecular formula is C27H22FN3O5. The summed E-state index contributed by atoms with van der Waals surface area (Å²) < 4.78 is 19.1. The zero-order valence-electron chi connectivity index (χ0n) is 19.3. The maximum absolute atomic E-state index is 13.2. The summed E-state index contributed by atoms with van der Waals surface area (Å²) in [6.45, 7) is 1.93. The summed E-state index contributed by atoms with van der Waals surface area (Å²) in [7, 11) is 0. The van der Waals surface area contributed by atoms with E-state index >= 15 is 0 Å². The Hall–Kier alpha value is -4.79. The van der Waals surface area contributed by atoms with Crippen LogP contribution in [-0.4, -0.2) is 34.4 Å². The van der Waals surface area contributed by atoms with Crippen LogP contribution in [0.25, 0.3) is 16.5 Å². The number of esters is 1. The summed E-state index contributed by atoms with van der Waals surface area (Å²) in [5, 5.41) is 15.8. The second-order valence-electron chi connectivity index (χ2n) is 7.79. The first-order valence-corrected chi connectivity index (χ1v) is 11.1. The highest BCUT2D eigenvalue weighted by Crippen LogP contribution is 2.26. The van der Waals surface area contributed by atoms with E-state index in [9.17, 15) is 23.9 Å². The molecule has 0 fully saturated rings. The first-order chi connectivity index (χ1) is 17.4. The number of hydrogen-bond donors (Lipinski definition) is 2. The van der Waals surface area contributed by atoms with Crippen LogP contribution in [0.15, 0.2) is 82.7 Å². The molecule has 0 radical (unpaired) electrons. The zero-order valence-corrected chi connectivity index (χ0v) is 19.3. The van der Waals surface area contributed by atoms with Crippen LogP contribution in [0.2, 0.25) is 0 Å². The van der Waals surface area contributed by atoms with Gasteiger partial charge in [-0.1, -0.05) is 30.3 Å². The van der Waals surface area contributed by atoms with Crippen molar-refractivity contribution in [2.24, 2.45) is 5.10 Å². The fraction of sp³-hybridized carbons (Fsp3) is 0.111. The fourth-order valence-electron chi connectivity index (χ4n) is 3.69. The Labute approximate surface area is 205 Å². The molecule has 36 heavy (non-hydrogen) atoms. The normalized spacial score (nSPS) is 11.1. The van der Waals surface area contributed by atoms with Crippen molar-refractivity contribution < 1.29 is 23.8 Å². The van der Waals surface area contributed by atoms with Gasteiger partial charge in [0.15, 0.2) is 0 Å².